The van der Waals surface area contributed by atoms with Crippen molar-refractivity contribution in [3.8, 4) is 17.2 Å². The molecular weight excluding hydrogens is 582 g/mol. The number of sulfone groups is 1. The number of nitrogens with zero attached hydrogens (tertiary/aromatic N) is 3. The number of carbonyl (C=O) groups excluding carboxylic acids is 2. The molecule has 10 nitrogen and oxygen atoms in total. The van der Waals surface area contributed by atoms with Gasteiger partial charge in [-0.25, -0.2) is 22.2 Å². The number of alkyl halides is 2. The molecule has 14 heteroatoms. The predicted molar refractivity (Wildman–Crippen MR) is 140 cm³/mol. The first-order valence-electron chi connectivity index (χ1n) is 12.7. The predicted octanol–water partition coefficient (Wildman–Crippen LogP) is 2.91. The molecule has 2 aliphatic carbocycles. The van der Waals surface area contributed by atoms with Gasteiger partial charge in [0.25, 0.3) is 5.92 Å². The van der Waals surface area contributed by atoms with Crippen molar-refractivity contribution in [3.63, 3.8) is 0 Å². The Morgan fingerprint density at radius 2 is 1.88 bits per heavy atom. The maximum absolute atomic E-state index is 14.0. The van der Waals surface area contributed by atoms with Crippen molar-refractivity contribution in [2.75, 3.05) is 13.1 Å². The first-order valence-corrected chi connectivity index (χ1v) is 14.7. The molecule has 2 saturated carbocycles. The van der Waals surface area contributed by atoms with Crippen LogP contribution in [0, 0.1) is 34.0 Å². The molecule has 1 aromatic heterocycles. The molecule has 1 aliphatic heterocycles. The number of likely N-dealkylation sites (tertiary alicyclic amines) is 1. The van der Waals surface area contributed by atoms with Gasteiger partial charge in [-0.1, -0.05) is 23.7 Å². The van der Waals surface area contributed by atoms with Crippen LogP contribution in [-0.2, 0) is 24.2 Å². The molecule has 3 N–H and O–H groups in total. The number of aromatic nitrogens is 1. The zero-order valence-electron chi connectivity index (χ0n) is 21.5. The second-order valence-corrected chi connectivity index (χ2v) is 13.6. The van der Waals surface area contributed by atoms with Gasteiger partial charge in [-0.3, -0.25) is 14.4 Å². The Bertz CT molecular complexity index is 1610. The zero-order valence-corrected chi connectivity index (χ0v) is 23.0. The highest BCUT2D eigenvalue weighted by Gasteiger charge is 2.76. The van der Waals surface area contributed by atoms with Crippen molar-refractivity contribution < 1.29 is 36.7 Å². The first-order chi connectivity index (χ1) is 19.2. The van der Waals surface area contributed by atoms with Crippen LogP contribution in [0.2, 0.25) is 5.15 Å². The van der Waals surface area contributed by atoms with E-state index in [4.69, 9.17) is 17.3 Å². The minimum atomic E-state index is -4.30. The summed E-state index contributed by atoms with van der Waals surface area (Å²) in [5.74, 6) is -9.62. The van der Waals surface area contributed by atoms with Crippen LogP contribution in [0.3, 0.4) is 0 Å². The van der Waals surface area contributed by atoms with Crippen molar-refractivity contribution in [1.82, 2.24) is 9.88 Å². The Balaban J connectivity index is 1.57. The van der Waals surface area contributed by atoms with Gasteiger partial charge in [0.2, 0.25) is 11.8 Å². The monoisotopic (exact) mass is 606 g/mol. The van der Waals surface area contributed by atoms with E-state index in [9.17, 15) is 42.0 Å². The smallest absolute Gasteiger partial charge is 0.310 e. The van der Waals surface area contributed by atoms with E-state index < -0.39 is 87.3 Å². The van der Waals surface area contributed by atoms with Crippen LogP contribution in [0.5, 0.6) is 0 Å². The number of hydrogen-bond acceptors (Lipinski definition) is 7. The number of carboxylic acids is 1. The molecule has 41 heavy (non-hydrogen) atoms. The quantitative estimate of drug-likeness (QED) is 0.453. The number of primary amides is 1. The van der Waals surface area contributed by atoms with Crippen LogP contribution >= 0.6 is 11.6 Å². The molecule has 5 rings (SSSR count). The lowest BCUT2D eigenvalue weighted by atomic mass is 9.70. The standard InChI is InChI=1S/C27H25ClF2N4O6S/c28-21-9-16(4-6-33-21)15-2-1-3-17(8-15)41(39,40)18-10-19(22(35)34-7-5-26(29,30)14-34)27(11-18,24(37)38)20-12-25(20,13-31)23(32)36/h1-4,6,8-9,18-20H,5,7,10-12,14H2,(H2,32,36)(H,37,38)/t18-,19+,20?,25?,27+/m1/s1. The summed E-state index contributed by atoms with van der Waals surface area (Å²) in [7, 11) is -4.30. The highest BCUT2D eigenvalue weighted by atomic mass is 35.5. The Kier molecular flexibility index (Phi) is 6.86. The van der Waals surface area contributed by atoms with Crippen molar-refractivity contribution in [2.45, 2.75) is 41.8 Å². The van der Waals surface area contributed by atoms with Gasteiger partial charge >= 0.3 is 5.97 Å². The third-order valence-corrected chi connectivity index (χ3v) is 11.1. The zero-order chi connectivity index (χ0) is 30.0. The lowest BCUT2D eigenvalue weighted by Crippen LogP contribution is -2.48. The van der Waals surface area contributed by atoms with E-state index in [1.807, 2.05) is 0 Å². The van der Waals surface area contributed by atoms with Crippen LogP contribution in [0.15, 0.2) is 47.5 Å². The lowest BCUT2D eigenvalue weighted by molar-refractivity contribution is -0.160. The van der Waals surface area contributed by atoms with E-state index in [1.165, 1.54) is 30.5 Å². The molecule has 1 aromatic carbocycles. The number of benzene rings is 1. The third kappa shape index (κ3) is 4.63. The SMILES string of the molecule is N#CC1(C(N)=O)CC1[C@]1(C(=O)O)C[C@H](S(=O)(=O)c2cccc(-c3ccnc(Cl)c3)c2)C[C@H]1C(=O)N1CCC(F)(F)C1. The van der Waals surface area contributed by atoms with Gasteiger partial charge in [0, 0.05) is 25.1 Å². The van der Waals surface area contributed by atoms with E-state index in [1.54, 1.807) is 18.2 Å². The molecule has 2 unspecified atom stereocenters. The topological polar surface area (TPSA) is 172 Å². The van der Waals surface area contributed by atoms with Gasteiger partial charge in [-0.15, -0.1) is 0 Å². The number of nitriles is 1. The first kappa shape index (κ1) is 28.9. The number of aliphatic carboxylic acids is 1. The summed E-state index contributed by atoms with van der Waals surface area (Å²) in [6.07, 6.45) is -0.539. The summed E-state index contributed by atoms with van der Waals surface area (Å²) < 4.78 is 56.0. The van der Waals surface area contributed by atoms with Gasteiger partial charge in [0.15, 0.2) is 9.84 Å². The van der Waals surface area contributed by atoms with Crippen LogP contribution in [0.25, 0.3) is 11.1 Å². The average Bonchev–Trinajstić information content (AvgIpc) is 3.37. The Morgan fingerprint density at radius 1 is 1.17 bits per heavy atom. The summed E-state index contributed by atoms with van der Waals surface area (Å²) >= 11 is 5.98. The number of rotatable bonds is 7. The number of halogens is 3. The summed E-state index contributed by atoms with van der Waals surface area (Å²) in [6, 6.07) is 10.8. The normalized spacial score (nSPS) is 30.5. The van der Waals surface area contributed by atoms with Crippen molar-refractivity contribution in [3.05, 3.63) is 47.7 Å². The van der Waals surface area contributed by atoms with Crippen LogP contribution < -0.4 is 5.73 Å². The Hall–Kier alpha value is -3.63. The highest BCUT2D eigenvalue weighted by molar-refractivity contribution is 7.92. The van der Waals surface area contributed by atoms with Crippen LogP contribution in [-0.4, -0.2) is 65.5 Å². The second-order valence-electron chi connectivity index (χ2n) is 11.0. The third-order valence-electron chi connectivity index (χ3n) is 8.75. The minimum Gasteiger partial charge on any atom is -0.481 e. The molecule has 2 heterocycles. The summed E-state index contributed by atoms with van der Waals surface area (Å²) in [4.78, 5) is 43.5. The van der Waals surface area contributed by atoms with Gasteiger partial charge in [-0.2, -0.15) is 5.26 Å². The number of carbonyl (C=O) groups is 3. The summed E-state index contributed by atoms with van der Waals surface area (Å²) in [6.45, 7) is -1.27. The lowest BCUT2D eigenvalue weighted by Gasteiger charge is -2.34. The summed E-state index contributed by atoms with van der Waals surface area (Å²) in [5, 5.41) is 19.0. The molecule has 1 saturated heterocycles. The number of carboxylic acid groups (broad SMARTS) is 1. The molecule has 5 atom stereocenters. The molecule has 3 fully saturated rings. The van der Waals surface area contributed by atoms with Crippen molar-refractivity contribution in [2.24, 2.45) is 28.4 Å². The number of amides is 2. The molecule has 3 aliphatic rings. The second kappa shape index (κ2) is 9.73. The molecule has 0 radical (unpaired) electrons. The molecule has 2 amide bonds. The number of hydrogen-bond donors (Lipinski definition) is 2. The molecule has 2 aromatic rings. The maximum atomic E-state index is 14.0. The van der Waals surface area contributed by atoms with E-state index >= 15 is 0 Å². The van der Waals surface area contributed by atoms with Gasteiger partial charge in [-0.05, 0) is 54.7 Å². The largest absolute Gasteiger partial charge is 0.481 e. The number of nitrogens with two attached hydrogens (primary N) is 1. The van der Waals surface area contributed by atoms with Gasteiger partial charge in [0.05, 0.1) is 34.1 Å². The average molecular weight is 607 g/mol. The summed E-state index contributed by atoms with van der Waals surface area (Å²) in [5.41, 5.74) is 2.42. The fourth-order valence-corrected chi connectivity index (χ4v) is 8.57. The van der Waals surface area contributed by atoms with Crippen LogP contribution in [0.1, 0.15) is 25.7 Å². The van der Waals surface area contributed by atoms with E-state index in [0.717, 1.165) is 4.90 Å². The van der Waals surface area contributed by atoms with E-state index in [0.29, 0.717) is 11.1 Å². The number of pyridine rings is 1. The fourth-order valence-electron chi connectivity index (χ4n) is 6.51. The van der Waals surface area contributed by atoms with Gasteiger partial charge < -0.3 is 15.7 Å². The minimum absolute atomic E-state index is 0.148. The Morgan fingerprint density at radius 3 is 2.44 bits per heavy atom. The highest BCUT2D eigenvalue weighted by Crippen LogP contribution is 2.68. The molecule has 216 valence electrons. The molecule has 0 bridgehead atoms. The molecule has 0 spiro atoms. The fraction of sp³-hybridized carbons (Fsp3) is 0.444. The Labute approximate surface area is 239 Å². The van der Waals surface area contributed by atoms with Crippen molar-refractivity contribution in [1.29, 1.82) is 5.26 Å². The van der Waals surface area contributed by atoms with Crippen molar-refractivity contribution >= 4 is 39.2 Å². The maximum Gasteiger partial charge on any atom is 0.310 e. The van der Waals surface area contributed by atoms with E-state index in [-0.39, 0.29) is 23.0 Å². The molecular formula is C27H25ClF2N4O6S. The van der Waals surface area contributed by atoms with Crippen LogP contribution in [0.4, 0.5) is 8.78 Å². The van der Waals surface area contributed by atoms with E-state index in [2.05, 4.69) is 4.98 Å². The van der Waals surface area contributed by atoms with Gasteiger partial charge in [0.1, 0.15) is 10.6 Å².